The summed E-state index contributed by atoms with van der Waals surface area (Å²) in [6.45, 7) is 2.27. The number of carbonyl (C=O) groups excluding carboxylic acids is 2. The van der Waals surface area contributed by atoms with E-state index in [1.165, 1.54) is 17.7 Å². The van der Waals surface area contributed by atoms with Crippen LogP contribution in [-0.2, 0) is 16.1 Å². The van der Waals surface area contributed by atoms with Crippen molar-refractivity contribution in [2.24, 2.45) is 0 Å². The Labute approximate surface area is 165 Å². The molecule has 1 unspecified atom stereocenters. The van der Waals surface area contributed by atoms with E-state index in [0.717, 1.165) is 10.4 Å². The highest BCUT2D eigenvalue weighted by Crippen LogP contribution is 2.23. The van der Waals surface area contributed by atoms with Crippen LogP contribution in [0.5, 0.6) is 0 Å². The maximum absolute atomic E-state index is 12.3. The van der Waals surface area contributed by atoms with Crippen LogP contribution in [0.2, 0.25) is 5.02 Å². The van der Waals surface area contributed by atoms with Gasteiger partial charge in [0.15, 0.2) is 5.78 Å². The summed E-state index contributed by atoms with van der Waals surface area (Å²) in [6, 6.07) is 10.8. The van der Waals surface area contributed by atoms with E-state index in [0.29, 0.717) is 16.4 Å². The predicted molar refractivity (Wildman–Crippen MR) is 103 cm³/mol. The van der Waals surface area contributed by atoms with Crippen molar-refractivity contribution in [3.05, 3.63) is 69.4 Å². The smallest absolute Gasteiger partial charge is 0.306 e. The summed E-state index contributed by atoms with van der Waals surface area (Å²) in [5, 5.41) is 4.66. The number of thiophene rings is 1. The van der Waals surface area contributed by atoms with E-state index < -0.39 is 12.1 Å². The quantitative estimate of drug-likeness (QED) is 0.415. The molecule has 3 aromatic rings. The summed E-state index contributed by atoms with van der Waals surface area (Å²) in [4.78, 5) is 30.1. The number of carbonyl (C=O) groups is 2. The van der Waals surface area contributed by atoms with Gasteiger partial charge in [0.2, 0.25) is 0 Å². The van der Waals surface area contributed by atoms with Crippen molar-refractivity contribution < 1.29 is 14.3 Å². The molecule has 2 aromatic heterocycles. The molecule has 140 valence electrons. The third-order valence-corrected chi connectivity index (χ3v) is 5.20. The first kappa shape index (κ1) is 19.3. The lowest BCUT2D eigenvalue weighted by atomic mass is 10.1. The first-order valence-electron chi connectivity index (χ1n) is 8.38. The van der Waals surface area contributed by atoms with Crippen molar-refractivity contribution in [1.82, 2.24) is 14.8 Å². The SMILES string of the molecule is Cc1ccc(C(=O)CCC(=O)OC(Cn2cncn2)c2ccc(Cl)cc2)s1. The average molecular weight is 404 g/mol. The maximum atomic E-state index is 12.3. The van der Waals surface area contributed by atoms with Gasteiger partial charge in [-0.05, 0) is 36.8 Å². The highest BCUT2D eigenvalue weighted by Gasteiger charge is 2.19. The van der Waals surface area contributed by atoms with Gasteiger partial charge in [-0.3, -0.25) is 9.59 Å². The van der Waals surface area contributed by atoms with Gasteiger partial charge in [0, 0.05) is 16.3 Å². The van der Waals surface area contributed by atoms with Gasteiger partial charge >= 0.3 is 5.97 Å². The lowest BCUT2D eigenvalue weighted by Gasteiger charge is -2.18. The lowest BCUT2D eigenvalue weighted by molar-refractivity contribution is -0.150. The second-order valence-electron chi connectivity index (χ2n) is 5.98. The fraction of sp³-hybridized carbons (Fsp3) is 0.263. The average Bonchev–Trinajstić information content (AvgIpc) is 3.31. The summed E-state index contributed by atoms with van der Waals surface area (Å²) in [5.41, 5.74) is 0.795. The molecule has 0 aliphatic rings. The Morgan fingerprint density at radius 1 is 1.19 bits per heavy atom. The molecule has 0 spiro atoms. The number of esters is 1. The topological polar surface area (TPSA) is 74.1 Å². The Balaban J connectivity index is 1.63. The largest absolute Gasteiger partial charge is 0.455 e. The number of aromatic nitrogens is 3. The molecule has 0 fully saturated rings. The Bertz CT molecular complexity index is 907. The molecule has 0 bridgehead atoms. The van der Waals surface area contributed by atoms with E-state index in [1.807, 2.05) is 13.0 Å². The Hall–Kier alpha value is -2.51. The van der Waals surface area contributed by atoms with Gasteiger partial charge in [0.05, 0.1) is 17.8 Å². The van der Waals surface area contributed by atoms with Crippen molar-refractivity contribution in [3.63, 3.8) is 0 Å². The molecule has 0 saturated carbocycles. The summed E-state index contributed by atoms with van der Waals surface area (Å²) in [7, 11) is 0. The minimum absolute atomic E-state index is 0.0250. The van der Waals surface area contributed by atoms with E-state index in [-0.39, 0.29) is 18.6 Å². The second-order valence-corrected chi connectivity index (χ2v) is 7.71. The highest BCUT2D eigenvalue weighted by atomic mass is 35.5. The second kappa shape index (κ2) is 8.92. The fourth-order valence-electron chi connectivity index (χ4n) is 2.53. The van der Waals surface area contributed by atoms with Crippen LogP contribution in [0.15, 0.2) is 49.1 Å². The van der Waals surface area contributed by atoms with E-state index in [2.05, 4.69) is 10.1 Å². The van der Waals surface area contributed by atoms with E-state index in [4.69, 9.17) is 16.3 Å². The third kappa shape index (κ3) is 5.48. The third-order valence-electron chi connectivity index (χ3n) is 3.91. The Kier molecular flexibility index (Phi) is 6.36. The molecule has 0 aliphatic heterocycles. The Morgan fingerprint density at radius 3 is 2.59 bits per heavy atom. The maximum Gasteiger partial charge on any atom is 0.306 e. The molecule has 6 nitrogen and oxygen atoms in total. The first-order valence-corrected chi connectivity index (χ1v) is 9.57. The monoisotopic (exact) mass is 403 g/mol. The molecule has 0 radical (unpaired) electrons. The summed E-state index contributed by atoms with van der Waals surface area (Å²) < 4.78 is 7.21. The van der Waals surface area contributed by atoms with Gasteiger partial charge in [-0.2, -0.15) is 5.10 Å². The zero-order valence-corrected chi connectivity index (χ0v) is 16.2. The number of hydrogen-bond donors (Lipinski definition) is 0. The van der Waals surface area contributed by atoms with Crippen LogP contribution < -0.4 is 0 Å². The number of ether oxygens (including phenoxy) is 1. The molecule has 8 heteroatoms. The standard InChI is InChI=1S/C19H18ClN3O3S/c1-13-2-8-18(27-13)16(24)7-9-19(25)26-17(10-23-12-21-11-22-23)14-3-5-15(20)6-4-14/h2-6,8,11-12,17H,7,9-10H2,1H3. The minimum atomic E-state index is -0.546. The van der Waals surface area contributed by atoms with Crippen molar-refractivity contribution in [2.45, 2.75) is 32.4 Å². The van der Waals surface area contributed by atoms with Gasteiger partial charge in [0.25, 0.3) is 0 Å². The molecule has 1 aromatic carbocycles. The fourth-order valence-corrected chi connectivity index (χ4v) is 3.49. The van der Waals surface area contributed by atoms with Crippen LogP contribution in [0, 0.1) is 6.92 Å². The summed E-state index contributed by atoms with van der Waals surface area (Å²) in [5.74, 6) is -0.485. The molecule has 0 amide bonds. The molecule has 0 N–H and O–H groups in total. The zero-order chi connectivity index (χ0) is 19.2. The molecule has 27 heavy (non-hydrogen) atoms. The molecular weight excluding hydrogens is 386 g/mol. The van der Waals surface area contributed by atoms with Crippen LogP contribution in [0.3, 0.4) is 0 Å². The molecular formula is C19H18ClN3O3S. The van der Waals surface area contributed by atoms with Crippen molar-refractivity contribution in [3.8, 4) is 0 Å². The number of hydrogen-bond acceptors (Lipinski definition) is 6. The molecule has 2 heterocycles. The number of ketones is 1. The minimum Gasteiger partial charge on any atom is -0.455 e. The molecule has 0 saturated heterocycles. The highest BCUT2D eigenvalue weighted by molar-refractivity contribution is 7.14. The molecule has 3 rings (SSSR count). The van der Waals surface area contributed by atoms with Crippen molar-refractivity contribution in [1.29, 1.82) is 0 Å². The molecule has 0 aliphatic carbocycles. The summed E-state index contributed by atoms with van der Waals surface area (Å²) >= 11 is 7.37. The van der Waals surface area contributed by atoms with Gasteiger partial charge in [-0.25, -0.2) is 9.67 Å². The molecule has 1 atom stereocenters. The number of benzene rings is 1. The number of nitrogens with zero attached hydrogens (tertiary/aromatic N) is 3. The van der Waals surface area contributed by atoms with Crippen LogP contribution >= 0.6 is 22.9 Å². The van der Waals surface area contributed by atoms with Gasteiger partial charge < -0.3 is 4.74 Å². The van der Waals surface area contributed by atoms with Crippen molar-refractivity contribution in [2.75, 3.05) is 0 Å². The van der Waals surface area contributed by atoms with E-state index in [9.17, 15) is 9.59 Å². The number of halogens is 1. The Morgan fingerprint density at radius 2 is 1.96 bits per heavy atom. The van der Waals surface area contributed by atoms with Crippen LogP contribution in [-0.4, -0.2) is 26.5 Å². The number of aryl methyl sites for hydroxylation is 1. The predicted octanol–water partition coefficient (Wildman–Crippen LogP) is 4.25. The van der Waals surface area contributed by atoms with E-state index in [1.54, 1.807) is 41.3 Å². The van der Waals surface area contributed by atoms with Gasteiger partial charge in [-0.15, -0.1) is 11.3 Å². The van der Waals surface area contributed by atoms with Crippen LogP contribution in [0.1, 0.15) is 39.1 Å². The normalized spacial score (nSPS) is 11.9. The van der Waals surface area contributed by atoms with Gasteiger partial charge in [0.1, 0.15) is 18.8 Å². The van der Waals surface area contributed by atoms with Crippen LogP contribution in [0.4, 0.5) is 0 Å². The number of rotatable bonds is 8. The first-order chi connectivity index (χ1) is 13.0. The van der Waals surface area contributed by atoms with Crippen LogP contribution in [0.25, 0.3) is 0 Å². The summed E-state index contributed by atoms with van der Waals surface area (Å²) in [6.07, 6.45) is 2.57. The van der Waals surface area contributed by atoms with Crippen molar-refractivity contribution >= 4 is 34.7 Å². The zero-order valence-electron chi connectivity index (χ0n) is 14.7. The lowest BCUT2D eigenvalue weighted by Crippen LogP contribution is -2.18. The number of Topliss-reactive ketones (excluding diaryl/α,β-unsaturated/α-hetero) is 1. The van der Waals surface area contributed by atoms with E-state index >= 15 is 0 Å². The van der Waals surface area contributed by atoms with Gasteiger partial charge in [-0.1, -0.05) is 23.7 Å².